The summed E-state index contributed by atoms with van der Waals surface area (Å²) in [6, 6.07) is 0.104. The summed E-state index contributed by atoms with van der Waals surface area (Å²) in [6.07, 6.45) is 4.44. The van der Waals surface area contributed by atoms with Gasteiger partial charge < -0.3 is 15.5 Å². The van der Waals surface area contributed by atoms with Gasteiger partial charge in [-0.25, -0.2) is 4.79 Å². The molecule has 0 aromatic rings. The second-order valence-corrected chi connectivity index (χ2v) is 6.15. The van der Waals surface area contributed by atoms with E-state index in [2.05, 4.69) is 31.4 Å². The van der Waals surface area contributed by atoms with Crippen molar-refractivity contribution in [1.82, 2.24) is 15.5 Å². The summed E-state index contributed by atoms with van der Waals surface area (Å²) >= 11 is 0. The number of nitrogens with zero attached hydrogens (tertiary/aromatic N) is 1. The van der Waals surface area contributed by atoms with Crippen molar-refractivity contribution in [3.05, 3.63) is 0 Å². The maximum Gasteiger partial charge on any atom is 0.317 e. The molecule has 98 valence electrons. The molecule has 0 radical (unpaired) electrons. The molecular weight excluding hydrogens is 214 g/mol. The van der Waals surface area contributed by atoms with Gasteiger partial charge in [0, 0.05) is 24.2 Å². The molecule has 1 aliphatic carbocycles. The zero-order chi connectivity index (χ0) is 12.5. The van der Waals surface area contributed by atoms with Crippen molar-refractivity contribution in [3.8, 4) is 0 Å². The third kappa shape index (κ3) is 3.12. The van der Waals surface area contributed by atoms with Crippen molar-refractivity contribution in [3.63, 3.8) is 0 Å². The van der Waals surface area contributed by atoms with Crippen molar-refractivity contribution in [1.29, 1.82) is 0 Å². The normalized spacial score (nSPS) is 23.4. The Morgan fingerprint density at radius 1 is 1.47 bits per heavy atom. The molecule has 1 saturated heterocycles. The number of amides is 2. The van der Waals surface area contributed by atoms with E-state index in [1.54, 1.807) is 0 Å². The third-order valence-electron chi connectivity index (χ3n) is 4.07. The Kier molecular flexibility index (Phi) is 3.34. The highest BCUT2D eigenvalue weighted by Gasteiger charge is 2.45. The summed E-state index contributed by atoms with van der Waals surface area (Å²) in [5.41, 5.74) is 0.151. The predicted octanol–water partition coefficient (Wildman–Crippen LogP) is 1.71. The minimum atomic E-state index is -0.104. The lowest BCUT2D eigenvalue weighted by molar-refractivity contribution is 0.183. The molecule has 0 aromatic carbocycles. The fraction of sp³-hybridized carbons (Fsp3) is 0.923. The van der Waals surface area contributed by atoms with Crippen molar-refractivity contribution >= 4 is 6.03 Å². The summed E-state index contributed by atoms with van der Waals surface area (Å²) in [7, 11) is 0. The molecular formula is C13H25N3O. The first-order valence-electron chi connectivity index (χ1n) is 6.79. The summed E-state index contributed by atoms with van der Waals surface area (Å²) in [5, 5.41) is 6.70. The smallest absolute Gasteiger partial charge is 0.317 e. The molecule has 4 nitrogen and oxygen atoms in total. The van der Waals surface area contributed by atoms with Gasteiger partial charge in [-0.2, -0.15) is 0 Å². The Hall–Kier alpha value is -0.770. The van der Waals surface area contributed by atoms with Crippen molar-refractivity contribution in [2.24, 2.45) is 0 Å². The van der Waals surface area contributed by atoms with Crippen LogP contribution >= 0.6 is 0 Å². The molecule has 1 saturated carbocycles. The van der Waals surface area contributed by atoms with Crippen LogP contribution in [0.25, 0.3) is 0 Å². The second-order valence-electron chi connectivity index (χ2n) is 6.15. The summed E-state index contributed by atoms with van der Waals surface area (Å²) in [6.45, 7) is 9.05. The van der Waals surface area contributed by atoms with Crippen LogP contribution < -0.4 is 10.6 Å². The highest BCUT2D eigenvalue weighted by Crippen LogP contribution is 2.37. The highest BCUT2D eigenvalue weighted by molar-refractivity contribution is 5.75. The summed E-state index contributed by atoms with van der Waals surface area (Å²) in [5.74, 6) is 0. The number of hydrogen-bond acceptors (Lipinski definition) is 2. The highest BCUT2D eigenvalue weighted by atomic mass is 16.2. The van der Waals surface area contributed by atoms with Gasteiger partial charge in [-0.3, -0.25) is 0 Å². The van der Waals surface area contributed by atoms with E-state index in [0.29, 0.717) is 0 Å². The quantitative estimate of drug-likeness (QED) is 0.770. The SMILES string of the molecule is CCC(C)(C)NC(=O)N1CCCNC2(CC2)C1. The van der Waals surface area contributed by atoms with E-state index in [9.17, 15) is 4.79 Å². The monoisotopic (exact) mass is 239 g/mol. The van der Waals surface area contributed by atoms with Gasteiger partial charge in [-0.15, -0.1) is 0 Å². The molecule has 1 spiro atoms. The van der Waals surface area contributed by atoms with Gasteiger partial charge in [0.05, 0.1) is 0 Å². The Morgan fingerprint density at radius 2 is 2.18 bits per heavy atom. The van der Waals surface area contributed by atoms with Crippen LogP contribution in [0.15, 0.2) is 0 Å². The van der Waals surface area contributed by atoms with Crippen LogP contribution in [0.3, 0.4) is 0 Å². The second kappa shape index (κ2) is 4.48. The fourth-order valence-corrected chi connectivity index (χ4v) is 2.24. The Morgan fingerprint density at radius 3 is 2.76 bits per heavy atom. The Balaban J connectivity index is 1.94. The number of hydrogen-bond donors (Lipinski definition) is 2. The van der Waals surface area contributed by atoms with Gasteiger partial charge in [0.25, 0.3) is 0 Å². The lowest BCUT2D eigenvalue weighted by Crippen LogP contribution is -2.52. The van der Waals surface area contributed by atoms with Crippen LogP contribution in [0.1, 0.15) is 46.5 Å². The standard InChI is InChI=1S/C13H25N3O/c1-4-12(2,3)15-11(17)16-9-5-8-14-13(10-16)6-7-13/h14H,4-10H2,1-3H3,(H,15,17). The third-order valence-corrected chi connectivity index (χ3v) is 4.07. The van der Waals surface area contributed by atoms with Gasteiger partial charge >= 0.3 is 6.03 Å². The molecule has 1 heterocycles. The number of rotatable bonds is 2. The molecule has 2 amide bonds. The van der Waals surface area contributed by atoms with E-state index in [1.807, 2.05) is 4.90 Å². The van der Waals surface area contributed by atoms with Crippen molar-refractivity contribution in [2.45, 2.75) is 57.5 Å². The van der Waals surface area contributed by atoms with Crippen LogP contribution in [0, 0.1) is 0 Å². The van der Waals surface area contributed by atoms with Crippen LogP contribution in [0.4, 0.5) is 4.79 Å². The lowest BCUT2D eigenvalue weighted by Gasteiger charge is -2.31. The first-order valence-corrected chi connectivity index (χ1v) is 6.79. The molecule has 2 N–H and O–H groups in total. The first kappa shape index (κ1) is 12.7. The summed E-state index contributed by atoms with van der Waals surface area (Å²) in [4.78, 5) is 14.2. The van der Waals surface area contributed by atoms with Gasteiger partial charge in [0.2, 0.25) is 0 Å². The van der Waals surface area contributed by atoms with Crippen LogP contribution in [-0.4, -0.2) is 41.6 Å². The number of carbonyl (C=O) groups is 1. The average Bonchev–Trinajstić information content (AvgIpc) is 3.06. The fourth-order valence-electron chi connectivity index (χ4n) is 2.24. The van der Waals surface area contributed by atoms with Gasteiger partial charge in [-0.1, -0.05) is 6.92 Å². The first-order chi connectivity index (χ1) is 7.96. The molecule has 0 unspecified atom stereocenters. The van der Waals surface area contributed by atoms with Crippen LogP contribution in [-0.2, 0) is 0 Å². The van der Waals surface area contributed by atoms with Gasteiger partial charge in [0.15, 0.2) is 0 Å². The molecule has 2 fully saturated rings. The Bertz CT molecular complexity index is 297. The molecule has 2 aliphatic rings. The summed E-state index contributed by atoms with van der Waals surface area (Å²) < 4.78 is 0. The van der Waals surface area contributed by atoms with E-state index in [1.165, 1.54) is 12.8 Å². The number of urea groups is 1. The Labute approximate surface area is 104 Å². The maximum absolute atomic E-state index is 12.2. The predicted molar refractivity (Wildman–Crippen MR) is 69.1 cm³/mol. The van der Waals surface area contributed by atoms with E-state index in [-0.39, 0.29) is 17.1 Å². The van der Waals surface area contributed by atoms with E-state index in [0.717, 1.165) is 32.5 Å². The van der Waals surface area contributed by atoms with Gasteiger partial charge in [-0.05, 0) is 46.1 Å². The largest absolute Gasteiger partial charge is 0.333 e. The van der Waals surface area contributed by atoms with Crippen molar-refractivity contribution in [2.75, 3.05) is 19.6 Å². The van der Waals surface area contributed by atoms with E-state index < -0.39 is 0 Å². The van der Waals surface area contributed by atoms with E-state index in [4.69, 9.17) is 0 Å². The van der Waals surface area contributed by atoms with Crippen LogP contribution in [0.2, 0.25) is 0 Å². The lowest BCUT2D eigenvalue weighted by atomic mass is 10.0. The topological polar surface area (TPSA) is 44.4 Å². The minimum absolute atomic E-state index is 0.104. The zero-order valence-electron chi connectivity index (χ0n) is 11.3. The molecule has 4 heteroatoms. The average molecular weight is 239 g/mol. The molecule has 1 aliphatic heterocycles. The zero-order valence-corrected chi connectivity index (χ0v) is 11.3. The van der Waals surface area contributed by atoms with E-state index >= 15 is 0 Å². The molecule has 0 atom stereocenters. The van der Waals surface area contributed by atoms with Crippen molar-refractivity contribution < 1.29 is 4.79 Å². The minimum Gasteiger partial charge on any atom is -0.333 e. The molecule has 17 heavy (non-hydrogen) atoms. The van der Waals surface area contributed by atoms with Gasteiger partial charge in [0.1, 0.15) is 0 Å². The molecule has 0 bridgehead atoms. The number of nitrogens with one attached hydrogen (secondary N) is 2. The molecule has 0 aromatic heterocycles. The molecule has 2 rings (SSSR count). The maximum atomic E-state index is 12.2. The van der Waals surface area contributed by atoms with Crippen LogP contribution in [0.5, 0.6) is 0 Å². The number of carbonyl (C=O) groups excluding carboxylic acids is 1.